The molecule has 0 spiro atoms. The highest BCUT2D eigenvalue weighted by atomic mass is 19.1. The number of hydrogen-bond donors (Lipinski definition) is 3. The molecule has 106 valence electrons. The fraction of sp³-hybridized carbons (Fsp3) is 0. The highest BCUT2D eigenvalue weighted by Gasteiger charge is 2.19. The summed E-state index contributed by atoms with van der Waals surface area (Å²) in [6.07, 6.45) is 0. The third kappa shape index (κ3) is 2.27. The van der Waals surface area contributed by atoms with E-state index in [2.05, 4.69) is 20.4 Å². The largest absolute Gasteiger partial charge is 0.382 e. The molecule has 4 N–H and O–H groups in total. The van der Waals surface area contributed by atoms with E-state index in [4.69, 9.17) is 5.73 Å². The zero-order valence-electron chi connectivity index (χ0n) is 10.5. The van der Waals surface area contributed by atoms with Crippen molar-refractivity contribution in [2.75, 3.05) is 5.73 Å². The van der Waals surface area contributed by atoms with Crippen LogP contribution >= 0.6 is 0 Å². The van der Waals surface area contributed by atoms with Gasteiger partial charge in [-0.25, -0.2) is 13.9 Å². The van der Waals surface area contributed by atoms with Crippen molar-refractivity contribution in [1.82, 2.24) is 20.4 Å². The molecule has 1 aromatic carbocycles. The van der Waals surface area contributed by atoms with Crippen LogP contribution < -0.4 is 11.3 Å². The Morgan fingerprint density at radius 1 is 1.05 bits per heavy atom. The van der Waals surface area contributed by atoms with E-state index in [0.29, 0.717) is 11.4 Å². The van der Waals surface area contributed by atoms with Crippen molar-refractivity contribution in [2.45, 2.75) is 0 Å². The molecule has 0 saturated heterocycles. The van der Waals surface area contributed by atoms with Crippen LogP contribution in [-0.4, -0.2) is 20.4 Å². The van der Waals surface area contributed by atoms with Crippen LogP contribution in [-0.2, 0) is 0 Å². The van der Waals surface area contributed by atoms with Crippen LogP contribution in [0.5, 0.6) is 0 Å². The summed E-state index contributed by atoms with van der Waals surface area (Å²) < 4.78 is 26.9. The first-order valence-corrected chi connectivity index (χ1v) is 5.91. The number of halogens is 2. The second-order valence-corrected chi connectivity index (χ2v) is 4.29. The standard InChI is InChI=1S/C13H9F2N5O/c14-6-1-2-7(8(15)5-6)11-12(19-20-13(11)16)9-3-4-10(21)18-17-9/h1-5H,(H,18,21)(H3,16,19,20). The van der Waals surface area contributed by atoms with Gasteiger partial charge >= 0.3 is 0 Å². The second-order valence-electron chi connectivity index (χ2n) is 4.29. The number of rotatable bonds is 2. The number of anilines is 1. The van der Waals surface area contributed by atoms with Crippen molar-refractivity contribution in [1.29, 1.82) is 0 Å². The van der Waals surface area contributed by atoms with Gasteiger partial charge in [0.05, 0.1) is 11.3 Å². The minimum atomic E-state index is -0.770. The van der Waals surface area contributed by atoms with Crippen LogP contribution in [0.15, 0.2) is 35.1 Å². The van der Waals surface area contributed by atoms with E-state index in [1.54, 1.807) is 0 Å². The molecule has 6 nitrogen and oxygen atoms in total. The van der Waals surface area contributed by atoms with Gasteiger partial charge in [0.15, 0.2) is 5.82 Å². The van der Waals surface area contributed by atoms with Gasteiger partial charge in [-0.3, -0.25) is 9.89 Å². The zero-order valence-corrected chi connectivity index (χ0v) is 10.5. The SMILES string of the molecule is Nc1n[nH]c(-c2ccc(=O)[nH]n2)c1-c1ccc(F)cc1F. The van der Waals surface area contributed by atoms with E-state index < -0.39 is 11.6 Å². The van der Waals surface area contributed by atoms with E-state index in [1.807, 2.05) is 0 Å². The van der Waals surface area contributed by atoms with Crippen molar-refractivity contribution in [3.05, 3.63) is 52.3 Å². The van der Waals surface area contributed by atoms with Gasteiger partial charge in [-0.05, 0) is 18.2 Å². The number of aromatic nitrogens is 4. The molecule has 21 heavy (non-hydrogen) atoms. The lowest BCUT2D eigenvalue weighted by molar-refractivity contribution is 0.585. The quantitative estimate of drug-likeness (QED) is 0.668. The van der Waals surface area contributed by atoms with E-state index in [-0.39, 0.29) is 22.5 Å². The van der Waals surface area contributed by atoms with Crippen molar-refractivity contribution in [3.8, 4) is 22.5 Å². The molecule has 0 saturated carbocycles. The fourth-order valence-corrected chi connectivity index (χ4v) is 1.99. The molecule has 0 aliphatic carbocycles. The molecule has 0 atom stereocenters. The van der Waals surface area contributed by atoms with Gasteiger partial charge in [-0.2, -0.15) is 10.2 Å². The molecule has 2 aromatic heterocycles. The van der Waals surface area contributed by atoms with E-state index in [9.17, 15) is 13.6 Å². The maximum atomic E-state index is 13.9. The number of nitrogens with two attached hydrogens (primary N) is 1. The normalized spacial score (nSPS) is 10.8. The Hall–Kier alpha value is -3.03. The molecule has 0 bridgehead atoms. The van der Waals surface area contributed by atoms with Gasteiger partial charge in [-0.15, -0.1) is 0 Å². The minimum absolute atomic E-state index is 0.0449. The van der Waals surface area contributed by atoms with Crippen LogP contribution in [0, 0.1) is 11.6 Å². The smallest absolute Gasteiger partial charge is 0.264 e. The molecule has 0 amide bonds. The molecule has 3 aromatic rings. The number of aromatic amines is 2. The molecule has 0 unspecified atom stereocenters. The van der Waals surface area contributed by atoms with Gasteiger partial charge in [0.25, 0.3) is 5.56 Å². The summed E-state index contributed by atoms with van der Waals surface area (Å²) >= 11 is 0. The lowest BCUT2D eigenvalue weighted by Crippen LogP contribution is -2.06. The molecule has 0 aliphatic heterocycles. The predicted octanol–water partition coefficient (Wildman–Crippen LogP) is 1.69. The Balaban J connectivity index is 2.21. The average molecular weight is 289 g/mol. The summed E-state index contributed by atoms with van der Waals surface area (Å²) in [5.41, 5.74) is 6.37. The lowest BCUT2D eigenvalue weighted by atomic mass is 10.0. The lowest BCUT2D eigenvalue weighted by Gasteiger charge is -2.05. The molecule has 0 aliphatic rings. The molecule has 0 fully saturated rings. The van der Waals surface area contributed by atoms with Crippen molar-refractivity contribution in [2.24, 2.45) is 0 Å². The summed E-state index contributed by atoms with van der Waals surface area (Å²) in [5.74, 6) is -1.42. The maximum Gasteiger partial charge on any atom is 0.264 e. The molecule has 8 heteroatoms. The first kappa shape index (κ1) is 13.0. The number of H-pyrrole nitrogens is 2. The van der Waals surface area contributed by atoms with Gasteiger partial charge in [0.2, 0.25) is 0 Å². The van der Waals surface area contributed by atoms with E-state index in [1.165, 1.54) is 18.2 Å². The maximum absolute atomic E-state index is 13.9. The highest BCUT2D eigenvalue weighted by Crippen LogP contribution is 2.35. The van der Waals surface area contributed by atoms with Crippen LogP contribution in [0.4, 0.5) is 14.6 Å². The number of hydrogen-bond acceptors (Lipinski definition) is 4. The second kappa shape index (κ2) is 4.82. The van der Waals surface area contributed by atoms with Crippen molar-refractivity contribution in [3.63, 3.8) is 0 Å². The van der Waals surface area contributed by atoms with Crippen molar-refractivity contribution < 1.29 is 8.78 Å². The molecule has 2 heterocycles. The monoisotopic (exact) mass is 289 g/mol. The Morgan fingerprint density at radius 3 is 2.52 bits per heavy atom. The van der Waals surface area contributed by atoms with Crippen LogP contribution in [0.25, 0.3) is 22.5 Å². The summed E-state index contributed by atoms with van der Waals surface area (Å²) in [5, 5.41) is 12.5. The molecule has 0 radical (unpaired) electrons. The Bertz CT molecular complexity index is 851. The first-order valence-electron chi connectivity index (χ1n) is 5.91. The Kier molecular flexibility index (Phi) is 2.98. The van der Waals surface area contributed by atoms with Gasteiger partial charge < -0.3 is 5.73 Å². The van der Waals surface area contributed by atoms with E-state index in [0.717, 1.165) is 12.1 Å². The summed E-state index contributed by atoms with van der Waals surface area (Å²) in [7, 11) is 0. The van der Waals surface area contributed by atoms with Crippen molar-refractivity contribution >= 4 is 5.82 Å². The Morgan fingerprint density at radius 2 is 1.86 bits per heavy atom. The van der Waals surface area contributed by atoms with Crippen LogP contribution in [0.1, 0.15) is 0 Å². The third-order valence-electron chi connectivity index (χ3n) is 2.93. The average Bonchev–Trinajstić information content (AvgIpc) is 2.82. The summed E-state index contributed by atoms with van der Waals surface area (Å²) in [6, 6.07) is 5.85. The van der Waals surface area contributed by atoms with Crippen LogP contribution in [0.2, 0.25) is 0 Å². The Labute approximate surface area is 116 Å². The third-order valence-corrected chi connectivity index (χ3v) is 2.93. The predicted molar refractivity (Wildman–Crippen MR) is 72.2 cm³/mol. The minimum Gasteiger partial charge on any atom is -0.382 e. The number of nitrogen functional groups attached to an aromatic ring is 1. The van der Waals surface area contributed by atoms with E-state index >= 15 is 0 Å². The highest BCUT2D eigenvalue weighted by molar-refractivity contribution is 5.86. The topological polar surface area (TPSA) is 100 Å². The van der Waals surface area contributed by atoms with Gasteiger partial charge in [-0.1, -0.05) is 0 Å². The number of benzene rings is 1. The number of nitrogens with one attached hydrogen (secondary N) is 2. The summed E-state index contributed by atoms with van der Waals surface area (Å²) in [6.45, 7) is 0. The molecular formula is C13H9F2N5O. The molecular weight excluding hydrogens is 280 g/mol. The number of nitrogens with zero attached hydrogens (tertiary/aromatic N) is 2. The van der Waals surface area contributed by atoms with Gasteiger partial charge in [0, 0.05) is 17.7 Å². The zero-order chi connectivity index (χ0) is 15.0. The first-order chi connectivity index (χ1) is 10.1. The van der Waals surface area contributed by atoms with Gasteiger partial charge in [0.1, 0.15) is 17.3 Å². The summed E-state index contributed by atoms with van der Waals surface area (Å²) in [4.78, 5) is 11.0. The van der Waals surface area contributed by atoms with Crippen LogP contribution in [0.3, 0.4) is 0 Å². The molecule has 3 rings (SSSR count). The fourth-order valence-electron chi connectivity index (χ4n) is 1.99.